The van der Waals surface area contributed by atoms with Crippen LogP contribution in [0.4, 0.5) is 5.69 Å². The summed E-state index contributed by atoms with van der Waals surface area (Å²) in [6, 6.07) is 8.97. The van der Waals surface area contributed by atoms with Gasteiger partial charge in [0.2, 0.25) is 0 Å². The van der Waals surface area contributed by atoms with E-state index < -0.39 is 16.8 Å². The van der Waals surface area contributed by atoms with Gasteiger partial charge in [-0.3, -0.25) is 19.7 Å². The van der Waals surface area contributed by atoms with Crippen LogP contribution < -0.4 is 14.3 Å². The number of hydrogen-bond donors (Lipinski definition) is 0. The van der Waals surface area contributed by atoms with E-state index in [9.17, 15) is 19.7 Å². The lowest BCUT2D eigenvalue weighted by Gasteiger charge is -2.18. The maximum atomic E-state index is 12.8. The van der Waals surface area contributed by atoms with Gasteiger partial charge in [0.25, 0.3) is 11.6 Å². The lowest BCUT2D eigenvalue weighted by molar-refractivity contribution is -0.384. The lowest BCUT2D eigenvalue weighted by atomic mass is 10.2. The van der Waals surface area contributed by atoms with Gasteiger partial charge in [0, 0.05) is 17.7 Å². The minimum absolute atomic E-state index is 0.0984. The Morgan fingerprint density at radius 1 is 1.20 bits per heavy atom. The van der Waals surface area contributed by atoms with Crippen LogP contribution in [0, 0.1) is 10.1 Å². The molecule has 2 heterocycles. The molecule has 1 aliphatic heterocycles. The Hall–Kier alpha value is -3.73. The summed E-state index contributed by atoms with van der Waals surface area (Å²) >= 11 is 1.07. The molecule has 0 saturated carbocycles. The van der Waals surface area contributed by atoms with Gasteiger partial charge in [0.15, 0.2) is 16.3 Å². The number of non-ortho nitro benzene ring substituents is 1. The quantitative estimate of drug-likeness (QED) is 0.354. The first kappa shape index (κ1) is 19.6. The Balaban J connectivity index is 1.80. The highest BCUT2D eigenvalue weighted by molar-refractivity contribution is 7.16. The molecule has 11 heteroatoms. The van der Waals surface area contributed by atoms with E-state index in [1.54, 1.807) is 18.2 Å². The average Bonchev–Trinajstić information content (AvgIpc) is 3.09. The number of carbonyl (C=O) groups excluding carboxylic acids is 2. The number of methoxy groups -OCH3 is 1. The summed E-state index contributed by atoms with van der Waals surface area (Å²) in [6.07, 6.45) is 0. The molecule has 1 aromatic heterocycles. The zero-order valence-corrected chi connectivity index (χ0v) is 16.5. The summed E-state index contributed by atoms with van der Waals surface area (Å²) in [5, 5.41) is 11.1. The van der Waals surface area contributed by atoms with Crippen molar-refractivity contribution in [2.45, 2.75) is 6.54 Å². The van der Waals surface area contributed by atoms with Crippen molar-refractivity contribution in [3.05, 3.63) is 56.9 Å². The van der Waals surface area contributed by atoms with Crippen molar-refractivity contribution >= 4 is 39.1 Å². The number of amides is 1. The SMILES string of the molecule is COC(=O)Cn1c(=NC(=O)c2ccc3c(c2)OCCO3)sc2cc([N+](=O)[O-])ccc21. The van der Waals surface area contributed by atoms with Gasteiger partial charge in [0.05, 0.1) is 22.2 Å². The molecule has 30 heavy (non-hydrogen) atoms. The third kappa shape index (κ3) is 3.74. The van der Waals surface area contributed by atoms with Crippen LogP contribution in [-0.2, 0) is 16.1 Å². The normalized spacial score (nSPS) is 13.3. The van der Waals surface area contributed by atoms with Crippen molar-refractivity contribution < 1.29 is 28.7 Å². The molecule has 0 radical (unpaired) electrons. The first-order chi connectivity index (χ1) is 14.5. The molecule has 0 unspecified atom stereocenters. The van der Waals surface area contributed by atoms with Crippen molar-refractivity contribution in [3.63, 3.8) is 0 Å². The Morgan fingerprint density at radius 3 is 2.70 bits per heavy atom. The number of hydrogen-bond acceptors (Lipinski definition) is 8. The number of fused-ring (bicyclic) bond motifs is 2. The zero-order chi connectivity index (χ0) is 21.3. The minimum Gasteiger partial charge on any atom is -0.486 e. The van der Waals surface area contributed by atoms with Crippen molar-refractivity contribution in [1.82, 2.24) is 4.57 Å². The zero-order valence-electron chi connectivity index (χ0n) is 15.7. The van der Waals surface area contributed by atoms with E-state index in [1.807, 2.05) is 0 Å². The van der Waals surface area contributed by atoms with Crippen molar-refractivity contribution in [3.8, 4) is 11.5 Å². The van der Waals surface area contributed by atoms with E-state index in [1.165, 1.54) is 29.9 Å². The topological polar surface area (TPSA) is 122 Å². The first-order valence-electron chi connectivity index (χ1n) is 8.79. The number of benzene rings is 2. The van der Waals surface area contributed by atoms with Gasteiger partial charge in [-0.15, -0.1) is 0 Å². The van der Waals surface area contributed by atoms with E-state index >= 15 is 0 Å². The summed E-state index contributed by atoms with van der Waals surface area (Å²) in [4.78, 5) is 39.5. The number of ether oxygens (including phenoxy) is 3. The van der Waals surface area contributed by atoms with E-state index in [2.05, 4.69) is 4.99 Å². The Kier molecular flexibility index (Phi) is 5.19. The second-order valence-electron chi connectivity index (χ2n) is 6.23. The average molecular weight is 429 g/mol. The molecule has 0 saturated heterocycles. The van der Waals surface area contributed by atoms with Crippen LogP contribution in [0.15, 0.2) is 41.4 Å². The minimum atomic E-state index is -0.549. The van der Waals surface area contributed by atoms with E-state index in [4.69, 9.17) is 14.2 Å². The van der Waals surface area contributed by atoms with E-state index in [-0.39, 0.29) is 22.6 Å². The van der Waals surface area contributed by atoms with Crippen molar-refractivity contribution in [2.24, 2.45) is 4.99 Å². The molecule has 0 spiro atoms. The summed E-state index contributed by atoms with van der Waals surface area (Å²) in [5.74, 6) is -0.0858. The number of aromatic nitrogens is 1. The fourth-order valence-electron chi connectivity index (χ4n) is 2.94. The fraction of sp³-hybridized carbons (Fsp3) is 0.211. The predicted octanol–water partition coefficient (Wildman–Crippen LogP) is 2.30. The molecule has 3 aromatic rings. The molecule has 0 atom stereocenters. The van der Waals surface area contributed by atoms with Crippen LogP contribution in [0.2, 0.25) is 0 Å². The van der Waals surface area contributed by atoms with Crippen LogP contribution in [0.1, 0.15) is 10.4 Å². The molecular formula is C19H15N3O7S. The summed E-state index contributed by atoms with van der Waals surface area (Å²) < 4.78 is 17.7. The predicted molar refractivity (Wildman–Crippen MR) is 106 cm³/mol. The number of esters is 1. The van der Waals surface area contributed by atoms with Gasteiger partial charge in [-0.2, -0.15) is 4.99 Å². The molecule has 154 valence electrons. The molecule has 1 aliphatic rings. The van der Waals surface area contributed by atoms with E-state index in [0.29, 0.717) is 34.9 Å². The Labute approximate surface area is 173 Å². The molecule has 4 rings (SSSR count). The molecule has 1 amide bonds. The fourth-order valence-corrected chi connectivity index (χ4v) is 4.00. The second kappa shape index (κ2) is 7.95. The highest BCUT2D eigenvalue weighted by atomic mass is 32.1. The highest BCUT2D eigenvalue weighted by Crippen LogP contribution is 2.31. The Morgan fingerprint density at radius 2 is 1.97 bits per heavy atom. The molecular weight excluding hydrogens is 414 g/mol. The summed E-state index contributed by atoms with van der Waals surface area (Å²) in [7, 11) is 1.25. The van der Waals surface area contributed by atoms with Crippen molar-refractivity contribution in [2.75, 3.05) is 20.3 Å². The second-order valence-corrected chi connectivity index (χ2v) is 7.24. The maximum absolute atomic E-state index is 12.8. The summed E-state index contributed by atoms with van der Waals surface area (Å²) in [5.41, 5.74) is 0.718. The van der Waals surface area contributed by atoms with Gasteiger partial charge >= 0.3 is 5.97 Å². The van der Waals surface area contributed by atoms with Gasteiger partial charge in [0.1, 0.15) is 19.8 Å². The van der Waals surface area contributed by atoms with Gasteiger partial charge in [-0.05, 0) is 24.3 Å². The van der Waals surface area contributed by atoms with Gasteiger partial charge in [-0.25, -0.2) is 0 Å². The van der Waals surface area contributed by atoms with Crippen molar-refractivity contribution in [1.29, 1.82) is 0 Å². The number of nitro benzene ring substituents is 1. The largest absolute Gasteiger partial charge is 0.486 e. The van der Waals surface area contributed by atoms with Crippen LogP contribution >= 0.6 is 11.3 Å². The number of rotatable bonds is 4. The van der Waals surface area contributed by atoms with Crippen LogP contribution in [-0.4, -0.2) is 41.7 Å². The van der Waals surface area contributed by atoms with Gasteiger partial charge < -0.3 is 18.8 Å². The monoisotopic (exact) mass is 429 g/mol. The van der Waals surface area contributed by atoms with Crippen LogP contribution in [0.3, 0.4) is 0 Å². The molecule has 0 fully saturated rings. The lowest BCUT2D eigenvalue weighted by Crippen LogP contribution is -2.22. The summed E-state index contributed by atoms with van der Waals surface area (Å²) in [6.45, 7) is 0.629. The molecule has 0 N–H and O–H groups in total. The van der Waals surface area contributed by atoms with Crippen LogP contribution in [0.25, 0.3) is 10.2 Å². The Bertz CT molecular complexity index is 1240. The smallest absolute Gasteiger partial charge is 0.325 e. The van der Waals surface area contributed by atoms with E-state index in [0.717, 1.165) is 11.3 Å². The first-order valence-corrected chi connectivity index (χ1v) is 9.61. The highest BCUT2D eigenvalue weighted by Gasteiger charge is 2.17. The third-order valence-electron chi connectivity index (χ3n) is 4.38. The molecule has 2 aromatic carbocycles. The molecule has 10 nitrogen and oxygen atoms in total. The maximum Gasteiger partial charge on any atom is 0.325 e. The molecule has 0 bridgehead atoms. The number of thiazole rings is 1. The number of nitrogens with zero attached hydrogens (tertiary/aromatic N) is 3. The standard InChI is InChI=1S/C19H15N3O7S/c1-27-17(23)10-21-13-4-3-12(22(25)26)9-16(13)30-19(21)20-18(24)11-2-5-14-15(8-11)29-7-6-28-14/h2-5,8-9H,6-7,10H2,1H3. The van der Waals surface area contributed by atoms with Gasteiger partial charge in [-0.1, -0.05) is 11.3 Å². The molecule has 0 aliphatic carbocycles. The number of carbonyl (C=O) groups is 2. The third-order valence-corrected chi connectivity index (χ3v) is 5.42. The number of nitro groups is 1. The van der Waals surface area contributed by atoms with Crippen LogP contribution in [0.5, 0.6) is 11.5 Å².